The predicted molar refractivity (Wildman–Crippen MR) is 52.5 cm³/mol. The van der Waals surface area contributed by atoms with Gasteiger partial charge in [0.05, 0.1) is 12.8 Å². The lowest BCUT2D eigenvalue weighted by atomic mass is 10.3. The minimum atomic E-state index is -1.17. The lowest BCUT2D eigenvalue weighted by Gasteiger charge is -2.04. The second-order valence-electron chi connectivity index (χ2n) is 2.53. The molecule has 0 spiro atoms. The first-order valence-electron chi connectivity index (χ1n) is 4.24. The number of rotatable bonds is 5. The maximum atomic E-state index is 10.5. The van der Waals surface area contributed by atoms with Crippen LogP contribution in [0.3, 0.4) is 0 Å². The minimum absolute atomic E-state index is 0.208. The summed E-state index contributed by atoms with van der Waals surface area (Å²) in [4.78, 5) is 29.7. The highest BCUT2D eigenvalue weighted by Gasteiger charge is 2.08. The fourth-order valence-corrected chi connectivity index (χ4v) is 0.458. The zero-order chi connectivity index (χ0) is 13.1. The van der Waals surface area contributed by atoms with E-state index in [2.05, 4.69) is 11.3 Å². The summed E-state index contributed by atoms with van der Waals surface area (Å²) in [7, 11) is 0. The second kappa shape index (κ2) is 9.66. The maximum Gasteiger partial charge on any atom is 0.327 e. The molecule has 0 aromatic heterocycles. The van der Waals surface area contributed by atoms with Crippen molar-refractivity contribution in [3.05, 3.63) is 12.7 Å². The molecule has 0 aromatic rings. The van der Waals surface area contributed by atoms with Gasteiger partial charge in [0.15, 0.2) is 6.29 Å². The first-order valence-corrected chi connectivity index (χ1v) is 4.24. The van der Waals surface area contributed by atoms with Gasteiger partial charge in [-0.05, 0) is 6.92 Å². The molecular formula is C9H14O7. The molecule has 0 aliphatic rings. The standard InChI is InChI=1S/C6H10O5.C3H4O2/c1-4(7)11-6(10)3-2-5(8)9;1-2-3(4)5/h4,7H,2-3H2,1H3,(H,8,9);2H,1H2,(H,4,5). The van der Waals surface area contributed by atoms with Crippen LogP contribution in [0.15, 0.2) is 12.7 Å². The summed E-state index contributed by atoms with van der Waals surface area (Å²) in [5, 5.41) is 24.2. The van der Waals surface area contributed by atoms with E-state index in [4.69, 9.17) is 15.3 Å². The Hall–Kier alpha value is -1.89. The highest BCUT2D eigenvalue weighted by atomic mass is 16.6. The van der Waals surface area contributed by atoms with Gasteiger partial charge in [-0.15, -0.1) is 0 Å². The molecule has 0 saturated carbocycles. The number of hydrogen-bond acceptors (Lipinski definition) is 5. The molecule has 7 nitrogen and oxygen atoms in total. The van der Waals surface area contributed by atoms with E-state index in [-0.39, 0.29) is 12.8 Å². The van der Waals surface area contributed by atoms with Crippen molar-refractivity contribution in [2.24, 2.45) is 0 Å². The molecule has 3 N–H and O–H groups in total. The predicted octanol–water partition coefficient (Wildman–Crippen LogP) is -0.0103. The van der Waals surface area contributed by atoms with E-state index in [0.29, 0.717) is 0 Å². The third kappa shape index (κ3) is 18.0. The van der Waals surface area contributed by atoms with Crippen LogP contribution in [-0.2, 0) is 19.1 Å². The number of carbonyl (C=O) groups is 3. The number of carboxylic acid groups (broad SMARTS) is 2. The van der Waals surface area contributed by atoms with E-state index in [9.17, 15) is 14.4 Å². The fourth-order valence-electron chi connectivity index (χ4n) is 0.458. The Labute approximate surface area is 92.0 Å². The van der Waals surface area contributed by atoms with E-state index < -0.39 is 24.2 Å². The Balaban J connectivity index is 0. The molecule has 0 bridgehead atoms. The van der Waals surface area contributed by atoms with Crippen molar-refractivity contribution < 1.29 is 34.4 Å². The largest absolute Gasteiger partial charge is 0.481 e. The first kappa shape index (κ1) is 16.5. The van der Waals surface area contributed by atoms with Gasteiger partial charge in [-0.25, -0.2) is 4.79 Å². The zero-order valence-electron chi connectivity index (χ0n) is 8.75. The fraction of sp³-hybridized carbons (Fsp3) is 0.444. The van der Waals surface area contributed by atoms with Gasteiger partial charge in [-0.3, -0.25) is 9.59 Å². The number of aliphatic hydroxyl groups excluding tert-OH is 1. The molecule has 16 heavy (non-hydrogen) atoms. The van der Waals surface area contributed by atoms with Crippen LogP contribution in [0.5, 0.6) is 0 Å². The van der Waals surface area contributed by atoms with Crippen LogP contribution in [0.1, 0.15) is 19.8 Å². The van der Waals surface area contributed by atoms with Gasteiger partial charge >= 0.3 is 17.9 Å². The molecule has 92 valence electrons. The highest BCUT2D eigenvalue weighted by Crippen LogP contribution is 1.94. The van der Waals surface area contributed by atoms with Gasteiger partial charge in [0, 0.05) is 6.08 Å². The third-order valence-electron chi connectivity index (χ3n) is 1.02. The van der Waals surface area contributed by atoms with Gasteiger partial charge in [-0.2, -0.15) is 0 Å². The van der Waals surface area contributed by atoms with Gasteiger partial charge < -0.3 is 20.1 Å². The monoisotopic (exact) mass is 234 g/mol. The van der Waals surface area contributed by atoms with E-state index in [0.717, 1.165) is 6.08 Å². The summed E-state index contributed by atoms with van der Waals surface area (Å²) in [6.07, 6.45) is -0.817. The number of carboxylic acids is 2. The van der Waals surface area contributed by atoms with Crippen LogP contribution in [0.4, 0.5) is 0 Å². The molecule has 0 aliphatic heterocycles. The minimum Gasteiger partial charge on any atom is -0.481 e. The normalized spacial score (nSPS) is 10.4. The molecule has 1 unspecified atom stereocenters. The number of carbonyl (C=O) groups excluding carboxylic acids is 1. The Morgan fingerprint density at radius 1 is 1.31 bits per heavy atom. The summed E-state index contributed by atoms with van der Waals surface area (Å²) in [5.74, 6) is -2.75. The number of esters is 1. The van der Waals surface area contributed by atoms with Crippen LogP contribution < -0.4 is 0 Å². The van der Waals surface area contributed by atoms with E-state index in [1.807, 2.05) is 0 Å². The molecule has 0 rings (SSSR count). The van der Waals surface area contributed by atoms with Gasteiger partial charge in [-0.1, -0.05) is 6.58 Å². The van der Waals surface area contributed by atoms with Crippen molar-refractivity contribution in [3.8, 4) is 0 Å². The molecule has 0 radical (unpaired) electrons. The van der Waals surface area contributed by atoms with Crippen molar-refractivity contribution in [1.82, 2.24) is 0 Å². The number of aliphatic carboxylic acids is 2. The molecule has 0 heterocycles. The second-order valence-corrected chi connectivity index (χ2v) is 2.53. The van der Waals surface area contributed by atoms with Gasteiger partial charge in [0.1, 0.15) is 0 Å². The van der Waals surface area contributed by atoms with Crippen molar-refractivity contribution >= 4 is 17.9 Å². The summed E-state index contributed by atoms with van der Waals surface area (Å²) in [6, 6.07) is 0. The summed E-state index contributed by atoms with van der Waals surface area (Å²) in [5.41, 5.74) is 0. The summed E-state index contributed by atoms with van der Waals surface area (Å²) < 4.78 is 4.25. The molecule has 0 fully saturated rings. The van der Waals surface area contributed by atoms with Crippen LogP contribution in [0, 0.1) is 0 Å². The molecule has 7 heteroatoms. The molecule has 0 saturated heterocycles. The molecule has 0 aromatic carbocycles. The van der Waals surface area contributed by atoms with E-state index in [1.165, 1.54) is 6.92 Å². The Morgan fingerprint density at radius 3 is 2.00 bits per heavy atom. The molecule has 0 aliphatic carbocycles. The molecular weight excluding hydrogens is 220 g/mol. The quantitative estimate of drug-likeness (QED) is 0.347. The summed E-state index contributed by atoms with van der Waals surface area (Å²) in [6.45, 7) is 4.24. The number of aliphatic hydroxyl groups is 1. The van der Waals surface area contributed by atoms with Crippen LogP contribution >= 0.6 is 0 Å². The van der Waals surface area contributed by atoms with Crippen molar-refractivity contribution in [2.45, 2.75) is 26.1 Å². The highest BCUT2D eigenvalue weighted by molar-refractivity contribution is 5.78. The first-order chi connectivity index (χ1) is 7.29. The topological polar surface area (TPSA) is 121 Å². The molecule has 0 amide bonds. The van der Waals surface area contributed by atoms with Gasteiger partial charge in [0.25, 0.3) is 0 Å². The lowest BCUT2D eigenvalue weighted by molar-refractivity contribution is -0.166. The Bertz CT molecular complexity index is 257. The maximum absolute atomic E-state index is 10.5. The SMILES string of the molecule is C=CC(=O)O.CC(O)OC(=O)CCC(=O)O. The van der Waals surface area contributed by atoms with Crippen LogP contribution in [0.2, 0.25) is 0 Å². The average Bonchev–Trinajstić information content (AvgIpc) is 2.14. The third-order valence-corrected chi connectivity index (χ3v) is 1.02. The van der Waals surface area contributed by atoms with E-state index >= 15 is 0 Å². The van der Waals surface area contributed by atoms with Crippen LogP contribution in [0.25, 0.3) is 0 Å². The van der Waals surface area contributed by atoms with Crippen molar-refractivity contribution in [3.63, 3.8) is 0 Å². The van der Waals surface area contributed by atoms with Crippen molar-refractivity contribution in [2.75, 3.05) is 0 Å². The van der Waals surface area contributed by atoms with Gasteiger partial charge in [0.2, 0.25) is 0 Å². The molecule has 1 atom stereocenters. The smallest absolute Gasteiger partial charge is 0.327 e. The zero-order valence-corrected chi connectivity index (χ0v) is 8.75. The average molecular weight is 234 g/mol. The number of hydrogen-bond donors (Lipinski definition) is 3. The van der Waals surface area contributed by atoms with Crippen LogP contribution in [-0.4, -0.2) is 39.5 Å². The van der Waals surface area contributed by atoms with Crippen molar-refractivity contribution in [1.29, 1.82) is 0 Å². The Kier molecular flexibility index (Phi) is 9.98. The lowest BCUT2D eigenvalue weighted by Crippen LogP contribution is -2.14. The Morgan fingerprint density at radius 2 is 1.75 bits per heavy atom. The summed E-state index contributed by atoms with van der Waals surface area (Å²) >= 11 is 0. The van der Waals surface area contributed by atoms with E-state index in [1.54, 1.807) is 0 Å². The number of ether oxygens (including phenoxy) is 1.